The number of benzene rings is 1. The Balaban J connectivity index is 2.39. The second-order valence-electron chi connectivity index (χ2n) is 4.94. The van der Waals surface area contributed by atoms with Crippen LogP contribution in [0.15, 0.2) is 24.3 Å². The van der Waals surface area contributed by atoms with E-state index in [1.807, 2.05) is 24.3 Å². The number of halogens is 1. The van der Waals surface area contributed by atoms with Gasteiger partial charge in [-0.2, -0.15) is 18.0 Å². The largest absolute Gasteiger partial charge is 0.279 e. The topological polar surface area (TPSA) is 73.2 Å². The predicted octanol–water partition coefficient (Wildman–Crippen LogP) is 2.20. The highest BCUT2D eigenvalue weighted by atomic mass is 35.5. The molecule has 0 unspecified atom stereocenters. The second kappa shape index (κ2) is 8.35. The van der Waals surface area contributed by atoms with Gasteiger partial charge in [-0.3, -0.25) is 0 Å². The molecule has 0 aliphatic rings. The van der Waals surface area contributed by atoms with Crippen molar-refractivity contribution in [3.05, 3.63) is 34.9 Å². The fourth-order valence-electron chi connectivity index (χ4n) is 1.82. The molecule has 116 valence electrons. The Morgan fingerprint density at radius 2 is 2.19 bits per heavy atom. The van der Waals surface area contributed by atoms with Crippen LogP contribution in [0.5, 0.6) is 0 Å². The first kappa shape index (κ1) is 17.9. The van der Waals surface area contributed by atoms with Gasteiger partial charge in [-0.1, -0.05) is 23.7 Å². The van der Waals surface area contributed by atoms with E-state index >= 15 is 0 Å². The maximum absolute atomic E-state index is 11.9. The standard InChI is InChI=1S/C14H20ClN3O2S/c1-12(10-16)11-18(2)21(19,20)17-8-4-6-13-5-3-7-14(15)9-13/h3,5,7,9,12,17H,4,6,8,11H2,1-2H3/t12-/m0/s1. The average molecular weight is 330 g/mol. The lowest BCUT2D eigenvalue weighted by molar-refractivity contribution is 0.429. The van der Waals surface area contributed by atoms with Gasteiger partial charge in [0.1, 0.15) is 0 Å². The summed E-state index contributed by atoms with van der Waals surface area (Å²) in [6.07, 6.45) is 1.43. The Morgan fingerprint density at radius 3 is 2.81 bits per heavy atom. The molecule has 1 atom stereocenters. The molecule has 1 rings (SSSR count). The molecule has 0 aliphatic heterocycles. The Bertz CT molecular complexity index is 598. The third-order valence-corrected chi connectivity index (χ3v) is 4.75. The minimum absolute atomic E-state index is 0.181. The SMILES string of the molecule is C[C@@H](C#N)CN(C)S(=O)(=O)NCCCc1cccc(Cl)c1. The fourth-order valence-corrected chi connectivity index (χ4v) is 3.08. The first-order valence-corrected chi connectivity index (χ1v) is 8.52. The van der Waals surface area contributed by atoms with Gasteiger partial charge in [-0.05, 0) is 37.5 Å². The number of rotatable bonds is 8. The molecule has 1 aromatic rings. The lowest BCUT2D eigenvalue weighted by atomic mass is 10.1. The van der Waals surface area contributed by atoms with Crippen molar-refractivity contribution in [1.82, 2.24) is 9.03 Å². The normalized spacial score (nSPS) is 13.1. The number of hydrogen-bond acceptors (Lipinski definition) is 3. The first-order valence-electron chi connectivity index (χ1n) is 6.70. The average Bonchev–Trinajstić information content (AvgIpc) is 2.43. The summed E-state index contributed by atoms with van der Waals surface area (Å²) < 4.78 is 27.6. The van der Waals surface area contributed by atoms with Crippen LogP contribution in [0.4, 0.5) is 0 Å². The van der Waals surface area contributed by atoms with Gasteiger partial charge in [0, 0.05) is 25.2 Å². The molecular weight excluding hydrogens is 310 g/mol. The van der Waals surface area contributed by atoms with E-state index in [9.17, 15) is 8.42 Å². The Hall–Kier alpha value is -1.13. The Kier molecular flexibility index (Phi) is 7.12. The minimum Gasteiger partial charge on any atom is -0.202 e. The number of nitrogens with one attached hydrogen (secondary N) is 1. The van der Waals surface area contributed by atoms with Crippen molar-refractivity contribution in [2.24, 2.45) is 5.92 Å². The van der Waals surface area contributed by atoms with Gasteiger partial charge in [-0.15, -0.1) is 0 Å². The molecule has 7 heteroatoms. The zero-order chi connectivity index (χ0) is 15.9. The smallest absolute Gasteiger partial charge is 0.202 e. The lowest BCUT2D eigenvalue weighted by Crippen LogP contribution is -2.40. The van der Waals surface area contributed by atoms with E-state index < -0.39 is 10.2 Å². The van der Waals surface area contributed by atoms with Crippen molar-refractivity contribution in [2.75, 3.05) is 20.1 Å². The summed E-state index contributed by atoms with van der Waals surface area (Å²) in [6, 6.07) is 9.53. The van der Waals surface area contributed by atoms with Gasteiger partial charge in [0.15, 0.2) is 0 Å². The van der Waals surface area contributed by atoms with E-state index in [4.69, 9.17) is 16.9 Å². The molecule has 0 bridgehead atoms. The van der Waals surface area contributed by atoms with Gasteiger partial charge in [0.05, 0.1) is 12.0 Å². The van der Waals surface area contributed by atoms with Gasteiger partial charge < -0.3 is 0 Å². The van der Waals surface area contributed by atoms with Crippen molar-refractivity contribution in [3.63, 3.8) is 0 Å². The Morgan fingerprint density at radius 1 is 1.48 bits per heavy atom. The highest BCUT2D eigenvalue weighted by Crippen LogP contribution is 2.12. The molecule has 21 heavy (non-hydrogen) atoms. The molecule has 0 radical (unpaired) electrons. The van der Waals surface area contributed by atoms with Gasteiger partial charge >= 0.3 is 0 Å². The molecular formula is C14H20ClN3O2S. The highest BCUT2D eigenvalue weighted by Gasteiger charge is 2.18. The third kappa shape index (κ3) is 6.44. The summed E-state index contributed by atoms with van der Waals surface area (Å²) in [4.78, 5) is 0. The van der Waals surface area contributed by atoms with Crippen LogP contribution >= 0.6 is 11.6 Å². The molecule has 0 fully saturated rings. The lowest BCUT2D eigenvalue weighted by Gasteiger charge is -2.18. The molecule has 1 N–H and O–H groups in total. The van der Waals surface area contributed by atoms with Crippen LogP contribution < -0.4 is 4.72 Å². The van der Waals surface area contributed by atoms with Crippen molar-refractivity contribution < 1.29 is 8.42 Å². The Labute approximate surface area is 131 Å². The van der Waals surface area contributed by atoms with E-state index in [0.717, 1.165) is 12.0 Å². The second-order valence-corrected chi connectivity index (χ2v) is 7.24. The van der Waals surface area contributed by atoms with Crippen molar-refractivity contribution in [2.45, 2.75) is 19.8 Å². The molecule has 0 amide bonds. The molecule has 0 heterocycles. The monoisotopic (exact) mass is 329 g/mol. The van der Waals surface area contributed by atoms with E-state index in [1.165, 1.54) is 11.4 Å². The van der Waals surface area contributed by atoms with E-state index in [2.05, 4.69) is 4.72 Å². The van der Waals surface area contributed by atoms with Gasteiger partial charge in [0.2, 0.25) is 0 Å². The van der Waals surface area contributed by atoms with Gasteiger partial charge in [0.25, 0.3) is 10.2 Å². The summed E-state index contributed by atoms with van der Waals surface area (Å²) in [7, 11) is -2.06. The van der Waals surface area contributed by atoms with Crippen LogP contribution in [0.3, 0.4) is 0 Å². The van der Waals surface area contributed by atoms with Crippen molar-refractivity contribution in [1.29, 1.82) is 5.26 Å². The number of hydrogen-bond donors (Lipinski definition) is 1. The van der Waals surface area contributed by atoms with Crippen LogP contribution in [-0.4, -0.2) is 32.9 Å². The zero-order valence-electron chi connectivity index (χ0n) is 12.2. The van der Waals surface area contributed by atoms with Crippen LogP contribution in [0.1, 0.15) is 18.9 Å². The predicted molar refractivity (Wildman–Crippen MR) is 84.1 cm³/mol. The van der Waals surface area contributed by atoms with E-state index in [-0.39, 0.29) is 12.5 Å². The summed E-state index contributed by atoms with van der Waals surface area (Å²) >= 11 is 5.89. The van der Waals surface area contributed by atoms with Crippen LogP contribution in [0.25, 0.3) is 0 Å². The van der Waals surface area contributed by atoms with Crippen molar-refractivity contribution in [3.8, 4) is 6.07 Å². The maximum Gasteiger partial charge on any atom is 0.279 e. The zero-order valence-corrected chi connectivity index (χ0v) is 13.8. The van der Waals surface area contributed by atoms with Crippen molar-refractivity contribution >= 4 is 21.8 Å². The van der Waals surface area contributed by atoms with E-state index in [1.54, 1.807) is 13.0 Å². The highest BCUT2D eigenvalue weighted by molar-refractivity contribution is 7.87. The van der Waals surface area contributed by atoms with Crippen LogP contribution in [0.2, 0.25) is 5.02 Å². The summed E-state index contributed by atoms with van der Waals surface area (Å²) in [5.41, 5.74) is 1.08. The minimum atomic E-state index is -3.52. The molecule has 0 aliphatic carbocycles. The first-order chi connectivity index (χ1) is 9.85. The molecule has 0 saturated heterocycles. The summed E-state index contributed by atoms with van der Waals surface area (Å²) in [5, 5.41) is 9.39. The molecule has 5 nitrogen and oxygen atoms in total. The molecule has 0 spiro atoms. The molecule has 0 saturated carbocycles. The number of nitriles is 1. The summed E-state index contributed by atoms with van der Waals surface area (Å²) in [5.74, 6) is -0.335. The number of nitrogens with zero attached hydrogens (tertiary/aromatic N) is 2. The quantitative estimate of drug-likeness (QED) is 0.743. The maximum atomic E-state index is 11.9. The fraction of sp³-hybridized carbons (Fsp3) is 0.500. The number of aryl methyl sites for hydroxylation is 1. The molecule has 1 aromatic carbocycles. The summed E-state index contributed by atoms with van der Waals surface area (Å²) in [6.45, 7) is 2.21. The molecule has 0 aromatic heterocycles. The van der Waals surface area contributed by atoms with E-state index in [0.29, 0.717) is 18.0 Å². The van der Waals surface area contributed by atoms with Gasteiger partial charge in [-0.25, -0.2) is 4.72 Å². The van der Waals surface area contributed by atoms with Crippen LogP contribution in [-0.2, 0) is 16.6 Å². The van der Waals surface area contributed by atoms with Crippen LogP contribution in [0, 0.1) is 17.2 Å². The third-order valence-electron chi connectivity index (χ3n) is 2.98.